The number of nitrogens with one attached hydrogen (secondary N) is 3. The number of hydrogen-bond acceptors (Lipinski definition) is 7. The predicted octanol–water partition coefficient (Wildman–Crippen LogP) is -4.53. The van der Waals surface area contributed by atoms with Crippen LogP contribution in [0.25, 0.3) is 0 Å². The van der Waals surface area contributed by atoms with Crippen molar-refractivity contribution >= 4 is 17.7 Å². The molecule has 0 aromatic heterocycles. The summed E-state index contributed by atoms with van der Waals surface area (Å²) >= 11 is 0. The number of rotatable bonds is 5. The van der Waals surface area contributed by atoms with Gasteiger partial charge in [0.15, 0.2) is 5.60 Å². The van der Waals surface area contributed by atoms with E-state index in [4.69, 9.17) is 17.5 Å². The number of carbonyl (C=O) groups is 3. The molecule has 16 heavy (non-hydrogen) atoms. The molecule has 0 aliphatic heterocycles. The van der Waals surface area contributed by atoms with Crippen molar-refractivity contribution < 1.29 is 19.5 Å². The molecule has 0 fully saturated rings. The monoisotopic (exact) mass is 234 g/mol. The smallest absolute Gasteiger partial charge is 0.266 e. The Bertz CT molecular complexity index is 275. The Morgan fingerprint density at radius 3 is 1.56 bits per heavy atom. The van der Waals surface area contributed by atoms with Gasteiger partial charge in [-0.2, -0.15) is 0 Å². The SMILES string of the molecule is NNC(=O)CC(O)(CC(=O)NN)C(=O)NN. The minimum Gasteiger partial charge on any atom is -0.379 e. The van der Waals surface area contributed by atoms with Gasteiger partial charge in [0.05, 0.1) is 12.8 Å². The van der Waals surface area contributed by atoms with E-state index in [0.29, 0.717) is 0 Å². The summed E-state index contributed by atoms with van der Waals surface area (Å²) in [5.74, 6) is 11.6. The second-order valence-electron chi connectivity index (χ2n) is 2.99. The quantitative estimate of drug-likeness (QED) is 0.142. The minimum absolute atomic E-state index is 0.722. The number of aliphatic hydroxyl groups is 1. The van der Waals surface area contributed by atoms with E-state index in [1.807, 2.05) is 0 Å². The molecule has 0 saturated carbocycles. The summed E-state index contributed by atoms with van der Waals surface area (Å²) in [6.45, 7) is 0. The first-order valence-corrected chi connectivity index (χ1v) is 4.12. The number of carbonyl (C=O) groups excluding carboxylic acids is 3. The van der Waals surface area contributed by atoms with Crippen LogP contribution in [0.2, 0.25) is 0 Å². The maximum absolute atomic E-state index is 11.2. The van der Waals surface area contributed by atoms with Crippen molar-refractivity contribution in [2.24, 2.45) is 17.5 Å². The van der Waals surface area contributed by atoms with Gasteiger partial charge in [-0.25, -0.2) is 17.5 Å². The van der Waals surface area contributed by atoms with Gasteiger partial charge in [0.2, 0.25) is 11.8 Å². The Morgan fingerprint density at radius 2 is 1.31 bits per heavy atom. The van der Waals surface area contributed by atoms with Gasteiger partial charge in [-0.05, 0) is 0 Å². The second-order valence-corrected chi connectivity index (χ2v) is 2.99. The van der Waals surface area contributed by atoms with Crippen molar-refractivity contribution in [2.75, 3.05) is 0 Å². The van der Waals surface area contributed by atoms with E-state index in [1.54, 1.807) is 16.3 Å². The topological polar surface area (TPSA) is 186 Å². The van der Waals surface area contributed by atoms with E-state index in [9.17, 15) is 19.5 Å². The summed E-state index contributed by atoms with van der Waals surface area (Å²) in [6.07, 6.45) is -1.44. The molecular formula is C6H14N6O4. The Kier molecular flexibility index (Phi) is 5.32. The highest BCUT2D eigenvalue weighted by Crippen LogP contribution is 2.15. The number of hydrogen-bond donors (Lipinski definition) is 7. The molecule has 92 valence electrons. The fourth-order valence-corrected chi connectivity index (χ4v) is 0.991. The number of amides is 3. The summed E-state index contributed by atoms with van der Waals surface area (Å²) in [6, 6.07) is 0. The normalized spacial score (nSPS) is 10.5. The largest absolute Gasteiger partial charge is 0.379 e. The van der Waals surface area contributed by atoms with Crippen molar-refractivity contribution in [3.63, 3.8) is 0 Å². The van der Waals surface area contributed by atoms with E-state index in [0.717, 1.165) is 0 Å². The van der Waals surface area contributed by atoms with Crippen LogP contribution in [0.4, 0.5) is 0 Å². The van der Waals surface area contributed by atoms with Gasteiger partial charge in [-0.3, -0.25) is 30.7 Å². The first kappa shape index (κ1) is 14.2. The summed E-state index contributed by atoms with van der Waals surface area (Å²) < 4.78 is 0. The molecule has 0 spiro atoms. The Morgan fingerprint density at radius 1 is 0.938 bits per heavy atom. The molecular weight excluding hydrogens is 220 g/mol. The Hall–Kier alpha value is -1.75. The van der Waals surface area contributed by atoms with Crippen LogP contribution in [0, 0.1) is 0 Å². The Balaban J connectivity index is 4.81. The third kappa shape index (κ3) is 3.78. The van der Waals surface area contributed by atoms with E-state index < -0.39 is 36.2 Å². The lowest BCUT2D eigenvalue weighted by Crippen LogP contribution is -2.54. The molecule has 0 atom stereocenters. The van der Waals surface area contributed by atoms with Gasteiger partial charge in [0, 0.05) is 0 Å². The lowest BCUT2D eigenvalue weighted by molar-refractivity contribution is -0.149. The van der Waals surface area contributed by atoms with Crippen LogP contribution in [-0.4, -0.2) is 28.4 Å². The fraction of sp³-hybridized carbons (Fsp3) is 0.500. The molecule has 0 rings (SSSR count). The predicted molar refractivity (Wildman–Crippen MR) is 51.2 cm³/mol. The summed E-state index contributed by atoms with van der Waals surface area (Å²) in [5.41, 5.74) is 2.75. The van der Waals surface area contributed by atoms with Gasteiger partial charge < -0.3 is 5.11 Å². The molecule has 0 unspecified atom stereocenters. The summed E-state index contributed by atoms with van der Waals surface area (Å²) in [5, 5.41) is 9.76. The molecule has 0 aromatic rings. The van der Waals surface area contributed by atoms with Gasteiger partial charge in [-0.15, -0.1) is 0 Å². The number of nitrogens with two attached hydrogens (primary N) is 3. The van der Waals surface area contributed by atoms with Crippen molar-refractivity contribution in [1.82, 2.24) is 16.3 Å². The number of hydrazine groups is 3. The van der Waals surface area contributed by atoms with Crippen LogP contribution in [0.1, 0.15) is 12.8 Å². The average Bonchev–Trinajstić information content (AvgIpc) is 2.27. The van der Waals surface area contributed by atoms with Gasteiger partial charge in [0.25, 0.3) is 5.91 Å². The van der Waals surface area contributed by atoms with E-state index in [1.165, 1.54) is 0 Å². The first-order chi connectivity index (χ1) is 7.39. The zero-order valence-corrected chi connectivity index (χ0v) is 8.32. The molecule has 10 nitrogen and oxygen atoms in total. The van der Waals surface area contributed by atoms with E-state index >= 15 is 0 Å². The van der Waals surface area contributed by atoms with Crippen molar-refractivity contribution in [3.05, 3.63) is 0 Å². The molecule has 0 aliphatic carbocycles. The van der Waals surface area contributed by atoms with Crippen LogP contribution >= 0.6 is 0 Å². The molecule has 10 N–H and O–H groups in total. The standard InChI is InChI=1S/C6H14N6O4/c7-10-3(13)1-6(16,5(15)12-9)2-4(14)11-8/h16H,1-2,7-9H2,(H,10,13)(H,11,14)(H,12,15). The molecule has 0 aromatic carbocycles. The summed E-state index contributed by atoms with van der Waals surface area (Å²) in [7, 11) is 0. The molecule has 0 heterocycles. The molecule has 0 radical (unpaired) electrons. The molecule has 0 bridgehead atoms. The molecule has 0 saturated heterocycles. The third-order valence-electron chi connectivity index (χ3n) is 1.78. The lowest BCUT2D eigenvalue weighted by Gasteiger charge is -2.23. The van der Waals surface area contributed by atoms with Crippen molar-refractivity contribution in [1.29, 1.82) is 0 Å². The highest BCUT2D eigenvalue weighted by Gasteiger charge is 2.40. The zero-order chi connectivity index (χ0) is 12.8. The molecule has 3 amide bonds. The summed E-state index contributed by atoms with van der Waals surface area (Å²) in [4.78, 5) is 33.1. The van der Waals surface area contributed by atoms with Crippen LogP contribution < -0.4 is 33.8 Å². The highest BCUT2D eigenvalue weighted by atomic mass is 16.3. The Labute approximate surface area is 90.4 Å². The first-order valence-electron chi connectivity index (χ1n) is 4.12. The third-order valence-corrected chi connectivity index (χ3v) is 1.78. The van der Waals surface area contributed by atoms with Crippen LogP contribution in [0.15, 0.2) is 0 Å². The van der Waals surface area contributed by atoms with Crippen LogP contribution in [0.3, 0.4) is 0 Å². The maximum atomic E-state index is 11.2. The molecule has 0 aliphatic rings. The highest BCUT2D eigenvalue weighted by molar-refractivity contribution is 5.94. The average molecular weight is 234 g/mol. The lowest BCUT2D eigenvalue weighted by atomic mass is 9.94. The minimum atomic E-state index is -2.30. The maximum Gasteiger partial charge on any atom is 0.266 e. The van der Waals surface area contributed by atoms with Gasteiger partial charge in [0.1, 0.15) is 0 Å². The zero-order valence-electron chi connectivity index (χ0n) is 8.32. The van der Waals surface area contributed by atoms with Crippen molar-refractivity contribution in [3.8, 4) is 0 Å². The van der Waals surface area contributed by atoms with Crippen LogP contribution in [0.5, 0.6) is 0 Å². The van der Waals surface area contributed by atoms with Gasteiger partial charge in [-0.1, -0.05) is 0 Å². The molecule has 10 heteroatoms. The van der Waals surface area contributed by atoms with E-state index in [2.05, 4.69) is 0 Å². The van der Waals surface area contributed by atoms with Crippen LogP contribution in [-0.2, 0) is 14.4 Å². The van der Waals surface area contributed by atoms with Gasteiger partial charge >= 0.3 is 0 Å². The fourth-order valence-electron chi connectivity index (χ4n) is 0.991. The van der Waals surface area contributed by atoms with Crippen molar-refractivity contribution in [2.45, 2.75) is 18.4 Å². The van der Waals surface area contributed by atoms with E-state index in [-0.39, 0.29) is 0 Å². The second kappa shape index (κ2) is 5.97.